The highest BCUT2D eigenvalue weighted by Crippen LogP contribution is 2.28. The third kappa shape index (κ3) is 7.05. The minimum Gasteiger partial charge on any atom is -0.325 e. The maximum atomic E-state index is 13.4. The number of rotatable bonds is 10. The molecule has 0 aliphatic heterocycles. The van der Waals surface area contributed by atoms with E-state index >= 15 is 0 Å². The molecule has 3 aromatic rings. The minimum atomic E-state index is -4.10. The van der Waals surface area contributed by atoms with Gasteiger partial charge in [-0.05, 0) is 54.3 Å². The number of aryl methyl sites for hydroxylation is 1. The fraction of sp³-hybridized carbons (Fsp3) is 0.240. The van der Waals surface area contributed by atoms with Crippen LogP contribution in [0, 0.1) is 0 Å². The van der Waals surface area contributed by atoms with Crippen LogP contribution in [0.4, 0.5) is 5.69 Å². The summed E-state index contributed by atoms with van der Waals surface area (Å²) < 4.78 is 28.0. The van der Waals surface area contributed by atoms with Gasteiger partial charge >= 0.3 is 0 Å². The number of nitrogens with zero attached hydrogens (tertiary/aromatic N) is 1. The van der Waals surface area contributed by atoms with Crippen LogP contribution in [-0.2, 0) is 27.8 Å². The molecule has 0 unspecified atom stereocenters. The standard InChI is InChI=1S/C25H26Cl2N2O3S/c1-2-3-7-19-10-13-22(14-11-19)28-25(30)18-29(17-20-8-5-4-6-9-20)33(31,32)24-16-21(26)12-15-23(24)27/h4-6,8-16H,2-3,7,17-18H2,1H3,(H,28,30). The number of hydrogen-bond acceptors (Lipinski definition) is 3. The molecule has 0 aliphatic rings. The van der Waals surface area contributed by atoms with Gasteiger partial charge in [-0.15, -0.1) is 0 Å². The SMILES string of the molecule is CCCCc1ccc(NC(=O)CN(Cc2ccccc2)S(=O)(=O)c2cc(Cl)ccc2Cl)cc1. The molecule has 0 aliphatic carbocycles. The minimum absolute atomic E-state index is 0.00932. The molecule has 0 saturated carbocycles. The summed E-state index contributed by atoms with van der Waals surface area (Å²) in [5.74, 6) is -0.450. The van der Waals surface area contributed by atoms with Crippen molar-refractivity contribution < 1.29 is 13.2 Å². The first-order valence-corrected chi connectivity index (χ1v) is 12.9. The second-order valence-electron chi connectivity index (χ2n) is 7.68. The number of benzene rings is 3. The predicted molar refractivity (Wildman–Crippen MR) is 134 cm³/mol. The normalized spacial score (nSPS) is 11.5. The van der Waals surface area contributed by atoms with E-state index in [0.29, 0.717) is 5.69 Å². The summed E-state index contributed by atoms with van der Waals surface area (Å²) in [6.45, 7) is 1.77. The van der Waals surface area contributed by atoms with Gasteiger partial charge in [0.1, 0.15) is 4.90 Å². The number of hydrogen-bond donors (Lipinski definition) is 1. The van der Waals surface area contributed by atoms with Crippen LogP contribution in [0.5, 0.6) is 0 Å². The summed E-state index contributed by atoms with van der Waals surface area (Å²) in [4.78, 5) is 12.7. The predicted octanol–water partition coefficient (Wildman–Crippen LogP) is 6.17. The zero-order valence-corrected chi connectivity index (χ0v) is 20.6. The van der Waals surface area contributed by atoms with Gasteiger partial charge < -0.3 is 5.32 Å². The highest BCUT2D eigenvalue weighted by atomic mass is 35.5. The quantitative estimate of drug-likeness (QED) is 0.359. The van der Waals surface area contributed by atoms with Gasteiger partial charge in [0.2, 0.25) is 15.9 Å². The first-order valence-electron chi connectivity index (χ1n) is 10.7. The van der Waals surface area contributed by atoms with Gasteiger partial charge in [0.05, 0.1) is 11.6 Å². The Labute approximate surface area is 205 Å². The van der Waals surface area contributed by atoms with Crippen molar-refractivity contribution in [2.75, 3.05) is 11.9 Å². The van der Waals surface area contributed by atoms with Crippen LogP contribution in [-0.4, -0.2) is 25.2 Å². The molecule has 0 aromatic heterocycles. The van der Waals surface area contributed by atoms with Gasteiger partial charge in [-0.3, -0.25) is 4.79 Å². The third-order valence-corrected chi connectivity index (χ3v) is 7.60. The lowest BCUT2D eigenvalue weighted by Crippen LogP contribution is -2.37. The van der Waals surface area contributed by atoms with E-state index in [1.54, 1.807) is 12.1 Å². The molecule has 8 heteroatoms. The molecule has 0 fully saturated rings. The molecule has 0 bridgehead atoms. The third-order valence-electron chi connectivity index (χ3n) is 5.09. The van der Waals surface area contributed by atoms with Crippen molar-refractivity contribution in [2.24, 2.45) is 0 Å². The van der Waals surface area contributed by atoms with Gasteiger partial charge in [0.15, 0.2) is 0 Å². The summed E-state index contributed by atoms with van der Waals surface area (Å²) >= 11 is 12.2. The van der Waals surface area contributed by atoms with Crippen LogP contribution in [0.2, 0.25) is 10.0 Å². The molecule has 0 spiro atoms. The molecule has 33 heavy (non-hydrogen) atoms. The topological polar surface area (TPSA) is 66.5 Å². The van der Waals surface area contributed by atoms with E-state index in [2.05, 4.69) is 12.2 Å². The van der Waals surface area contributed by atoms with Crippen molar-refractivity contribution in [3.05, 3.63) is 94.0 Å². The molecule has 0 atom stereocenters. The lowest BCUT2D eigenvalue weighted by molar-refractivity contribution is -0.116. The first-order chi connectivity index (χ1) is 15.8. The highest BCUT2D eigenvalue weighted by Gasteiger charge is 2.29. The van der Waals surface area contributed by atoms with Gasteiger partial charge in [-0.2, -0.15) is 4.31 Å². The monoisotopic (exact) mass is 504 g/mol. The molecule has 0 heterocycles. The van der Waals surface area contributed by atoms with Crippen LogP contribution in [0.25, 0.3) is 0 Å². The summed E-state index contributed by atoms with van der Waals surface area (Å²) in [6.07, 6.45) is 3.19. The van der Waals surface area contributed by atoms with Crippen molar-refractivity contribution in [2.45, 2.75) is 37.6 Å². The lowest BCUT2D eigenvalue weighted by atomic mass is 10.1. The second kappa shape index (κ2) is 11.7. The molecule has 0 radical (unpaired) electrons. The Morgan fingerprint density at radius 2 is 1.64 bits per heavy atom. The van der Waals surface area contributed by atoms with E-state index in [9.17, 15) is 13.2 Å². The average molecular weight is 505 g/mol. The average Bonchev–Trinajstić information content (AvgIpc) is 2.80. The number of nitrogens with one attached hydrogen (secondary N) is 1. The van der Waals surface area contributed by atoms with Gasteiger partial charge in [0, 0.05) is 17.3 Å². The summed E-state index contributed by atoms with van der Waals surface area (Å²) in [7, 11) is -4.10. The Bertz CT molecular complexity index is 1180. The Morgan fingerprint density at radius 3 is 2.30 bits per heavy atom. The van der Waals surface area contributed by atoms with E-state index < -0.39 is 15.9 Å². The molecule has 3 aromatic carbocycles. The lowest BCUT2D eigenvalue weighted by Gasteiger charge is -2.22. The Morgan fingerprint density at radius 1 is 0.939 bits per heavy atom. The van der Waals surface area contributed by atoms with Crippen LogP contribution in [0.1, 0.15) is 30.9 Å². The Hall–Kier alpha value is -2.38. The molecular formula is C25H26Cl2N2O3S. The number of unbranched alkanes of at least 4 members (excludes halogenated alkanes) is 1. The van der Waals surface area contributed by atoms with Crippen LogP contribution in [0.15, 0.2) is 77.7 Å². The maximum Gasteiger partial charge on any atom is 0.245 e. The van der Waals surface area contributed by atoms with Crippen LogP contribution in [0.3, 0.4) is 0 Å². The van der Waals surface area contributed by atoms with Crippen molar-refractivity contribution in [3.8, 4) is 0 Å². The number of sulfonamides is 1. The van der Waals surface area contributed by atoms with Crippen molar-refractivity contribution in [3.63, 3.8) is 0 Å². The van der Waals surface area contributed by atoms with Gasteiger partial charge in [-0.1, -0.05) is 79.0 Å². The summed E-state index contributed by atoms with van der Waals surface area (Å²) in [5.41, 5.74) is 2.55. The number of carbonyl (C=O) groups excluding carboxylic acids is 1. The largest absolute Gasteiger partial charge is 0.325 e. The van der Waals surface area contributed by atoms with Crippen molar-refractivity contribution >= 4 is 44.8 Å². The Kier molecular flexibility index (Phi) is 8.92. The molecule has 5 nitrogen and oxygen atoms in total. The van der Waals surface area contributed by atoms with Crippen molar-refractivity contribution in [1.82, 2.24) is 4.31 Å². The van der Waals surface area contributed by atoms with Crippen LogP contribution >= 0.6 is 23.2 Å². The van der Waals surface area contributed by atoms with E-state index in [0.717, 1.165) is 29.1 Å². The van der Waals surface area contributed by atoms with E-state index in [1.807, 2.05) is 42.5 Å². The number of anilines is 1. The Balaban J connectivity index is 1.82. The number of amides is 1. The molecular weight excluding hydrogens is 479 g/mol. The van der Waals surface area contributed by atoms with E-state index in [1.165, 1.54) is 23.8 Å². The zero-order chi connectivity index (χ0) is 23.8. The molecule has 0 saturated heterocycles. The van der Waals surface area contributed by atoms with E-state index in [-0.39, 0.29) is 28.0 Å². The van der Waals surface area contributed by atoms with Gasteiger partial charge in [0.25, 0.3) is 0 Å². The number of halogens is 2. The smallest absolute Gasteiger partial charge is 0.245 e. The molecule has 1 amide bonds. The maximum absolute atomic E-state index is 13.4. The highest BCUT2D eigenvalue weighted by molar-refractivity contribution is 7.89. The molecule has 1 N–H and O–H groups in total. The second-order valence-corrected chi connectivity index (χ2v) is 10.4. The van der Waals surface area contributed by atoms with Gasteiger partial charge in [-0.25, -0.2) is 8.42 Å². The fourth-order valence-corrected chi connectivity index (χ4v) is 5.44. The summed E-state index contributed by atoms with van der Waals surface area (Å²) in [6, 6.07) is 20.9. The first kappa shape index (κ1) is 25.2. The van der Waals surface area contributed by atoms with Crippen molar-refractivity contribution in [1.29, 1.82) is 0 Å². The molecule has 174 valence electrons. The van der Waals surface area contributed by atoms with E-state index in [4.69, 9.17) is 23.2 Å². The van der Waals surface area contributed by atoms with Crippen LogP contribution < -0.4 is 5.32 Å². The zero-order valence-electron chi connectivity index (χ0n) is 18.3. The summed E-state index contributed by atoms with van der Waals surface area (Å²) in [5, 5.41) is 3.07. The molecule has 3 rings (SSSR count). The fourth-order valence-electron chi connectivity index (χ4n) is 3.32. The number of carbonyl (C=O) groups is 1.